The summed E-state index contributed by atoms with van der Waals surface area (Å²) in [5.74, 6) is -0.543. The first-order chi connectivity index (χ1) is 9.68. The Kier molecular flexibility index (Phi) is 3.98. The normalized spacial score (nSPS) is 19.1. The summed E-state index contributed by atoms with van der Waals surface area (Å²) < 4.78 is 13.6. The molecule has 1 saturated heterocycles. The molecule has 114 valence electrons. The molecule has 0 aliphatic carbocycles. The third kappa shape index (κ3) is 3.37. The summed E-state index contributed by atoms with van der Waals surface area (Å²) in [6.07, 6.45) is 0.499. The molecule has 1 aliphatic rings. The van der Waals surface area contributed by atoms with Crippen molar-refractivity contribution in [1.29, 1.82) is 0 Å². The number of carbonyl (C=O) groups excluding carboxylic acids is 1. The summed E-state index contributed by atoms with van der Waals surface area (Å²) in [4.78, 5) is 23.5. The second kappa shape index (κ2) is 5.42. The van der Waals surface area contributed by atoms with E-state index in [0.717, 1.165) is 12.1 Å². The third-order valence-electron chi connectivity index (χ3n) is 4.02. The van der Waals surface area contributed by atoms with Crippen LogP contribution in [0.3, 0.4) is 0 Å². The van der Waals surface area contributed by atoms with Crippen molar-refractivity contribution in [1.82, 2.24) is 4.90 Å². The van der Waals surface area contributed by atoms with Crippen molar-refractivity contribution in [3.05, 3.63) is 39.7 Å². The highest BCUT2D eigenvalue weighted by molar-refractivity contribution is 5.78. The summed E-state index contributed by atoms with van der Waals surface area (Å²) in [5.41, 5.74) is 0.0746. The number of amides is 1. The molecule has 1 amide bonds. The van der Waals surface area contributed by atoms with Gasteiger partial charge < -0.3 is 4.90 Å². The predicted octanol–water partition coefficient (Wildman–Crippen LogP) is 3.13. The average molecular weight is 294 g/mol. The lowest BCUT2D eigenvalue weighted by atomic mass is 9.80. The number of hydrogen-bond donors (Lipinski definition) is 0. The molecule has 0 aromatic heterocycles. The van der Waals surface area contributed by atoms with Crippen LogP contribution in [0.1, 0.15) is 32.8 Å². The van der Waals surface area contributed by atoms with Gasteiger partial charge in [-0.3, -0.25) is 14.9 Å². The Morgan fingerprint density at radius 3 is 2.57 bits per heavy atom. The van der Waals surface area contributed by atoms with Gasteiger partial charge in [-0.2, -0.15) is 4.39 Å². The minimum Gasteiger partial charge on any atom is -0.338 e. The van der Waals surface area contributed by atoms with Crippen LogP contribution in [0.4, 0.5) is 10.1 Å². The fraction of sp³-hybridized carbons (Fsp3) is 0.533. The molecule has 1 aromatic carbocycles. The van der Waals surface area contributed by atoms with E-state index in [-0.39, 0.29) is 17.2 Å². The van der Waals surface area contributed by atoms with E-state index >= 15 is 0 Å². The fourth-order valence-electron chi connectivity index (χ4n) is 2.52. The topological polar surface area (TPSA) is 63.5 Å². The smallest absolute Gasteiger partial charge is 0.304 e. The van der Waals surface area contributed by atoms with Gasteiger partial charge >= 0.3 is 5.69 Å². The first-order valence-corrected chi connectivity index (χ1v) is 6.89. The molecular formula is C15H19FN2O3. The lowest BCUT2D eigenvalue weighted by Gasteiger charge is -2.26. The summed E-state index contributed by atoms with van der Waals surface area (Å²) in [5, 5.41) is 10.6. The highest BCUT2D eigenvalue weighted by Gasteiger charge is 2.36. The van der Waals surface area contributed by atoms with Crippen LogP contribution in [-0.2, 0) is 11.3 Å². The van der Waals surface area contributed by atoms with E-state index < -0.39 is 16.4 Å². The number of nitro groups is 1. The average Bonchev–Trinajstić information content (AvgIpc) is 2.70. The first kappa shape index (κ1) is 15.4. The Labute approximate surface area is 122 Å². The molecule has 1 aromatic rings. The Bertz CT molecular complexity index is 581. The third-order valence-corrected chi connectivity index (χ3v) is 4.02. The van der Waals surface area contributed by atoms with Crippen LogP contribution in [0, 0.1) is 27.3 Å². The Morgan fingerprint density at radius 1 is 1.43 bits per heavy atom. The summed E-state index contributed by atoms with van der Waals surface area (Å²) >= 11 is 0. The van der Waals surface area contributed by atoms with Gasteiger partial charge in [-0.25, -0.2) is 0 Å². The second-order valence-electron chi connectivity index (χ2n) is 6.58. The van der Waals surface area contributed by atoms with Crippen molar-refractivity contribution in [2.45, 2.75) is 33.7 Å². The van der Waals surface area contributed by atoms with Crippen LogP contribution < -0.4 is 0 Å². The number of benzene rings is 1. The maximum Gasteiger partial charge on any atom is 0.304 e. The Balaban J connectivity index is 2.11. The van der Waals surface area contributed by atoms with Gasteiger partial charge in [-0.05, 0) is 23.0 Å². The largest absolute Gasteiger partial charge is 0.338 e. The highest BCUT2D eigenvalue weighted by Crippen LogP contribution is 2.35. The lowest BCUT2D eigenvalue weighted by molar-refractivity contribution is -0.387. The van der Waals surface area contributed by atoms with Crippen LogP contribution in [-0.4, -0.2) is 22.3 Å². The fourth-order valence-corrected chi connectivity index (χ4v) is 2.52. The molecule has 1 atom stereocenters. The number of nitro benzene ring substituents is 1. The van der Waals surface area contributed by atoms with Crippen LogP contribution >= 0.6 is 0 Å². The maximum atomic E-state index is 13.6. The number of likely N-dealkylation sites (tertiary alicyclic amines) is 1. The standard InChI is InChI=1S/C15H19FN2O3/c1-15(2,3)11-7-14(19)17(9-11)8-10-4-5-13(18(20)21)12(16)6-10/h4-6,11H,7-9H2,1-3H3. The predicted molar refractivity (Wildman–Crippen MR) is 76.0 cm³/mol. The van der Waals surface area contributed by atoms with Gasteiger partial charge in [0, 0.05) is 25.6 Å². The van der Waals surface area contributed by atoms with Crippen LogP contribution in [0.25, 0.3) is 0 Å². The van der Waals surface area contributed by atoms with Gasteiger partial charge in [0.25, 0.3) is 0 Å². The molecule has 21 heavy (non-hydrogen) atoms. The number of nitrogens with zero attached hydrogens (tertiary/aromatic N) is 2. The van der Waals surface area contributed by atoms with Crippen molar-refractivity contribution in [3.8, 4) is 0 Å². The van der Waals surface area contributed by atoms with Crippen molar-refractivity contribution < 1.29 is 14.1 Å². The van der Waals surface area contributed by atoms with Crippen LogP contribution in [0.5, 0.6) is 0 Å². The van der Waals surface area contributed by atoms with Crippen molar-refractivity contribution in [2.75, 3.05) is 6.54 Å². The summed E-state index contributed by atoms with van der Waals surface area (Å²) in [6.45, 7) is 7.22. The monoisotopic (exact) mass is 294 g/mol. The molecule has 5 nitrogen and oxygen atoms in total. The molecule has 1 aliphatic heterocycles. The van der Waals surface area contributed by atoms with Gasteiger partial charge in [-0.15, -0.1) is 0 Å². The van der Waals surface area contributed by atoms with Gasteiger partial charge in [0.15, 0.2) is 0 Å². The second-order valence-corrected chi connectivity index (χ2v) is 6.58. The summed E-state index contributed by atoms with van der Waals surface area (Å²) in [6, 6.07) is 3.78. The zero-order valence-electron chi connectivity index (χ0n) is 12.4. The molecule has 1 heterocycles. The zero-order valence-corrected chi connectivity index (χ0v) is 12.4. The SMILES string of the molecule is CC(C)(C)C1CC(=O)N(Cc2ccc([N+](=O)[O-])c(F)c2)C1. The molecule has 0 radical (unpaired) electrons. The first-order valence-electron chi connectivity index (χ1n) is 6.89. The molecule has 6 heteroatoms. The molecule has 0 spiro atoms. The van der Waals surface area contributed by atoms with Gasteiger partial charge in [-0.1, -0.05) is 26.8 Å². The number of rotatable bonds is 3. The lowest BCUT2D eigenvalue weighted by Crippen LogP contribution is -2.27. The minimum atomic E-state index is -0.864. The Morgan fingerprint density at radius 2 is 2.10 bits per heavy atom. The molecular weight excluding hydrogens is 275 g/mol. The number of carbonyl (C=O) groups is 1. The molecule has 1 unspecified atom stereocenters. The molecule has 2 rings (SSSR count). The number of hydrogen-bond acceptors (Lipinski definition) is 3. The van der Waals surface area contributed by atoms with Gasteiger partial charge in [0.2, 0.25) is 11.7 Å². The Hall–Kier alpha value is -1.98. The van der Waals surface area contributed by atoms with E-state index in [9.17, 15) is 19.3 Å². The molecule has 0 N–H and O–H groups in total. The molecule has 0 saturated carbocycles. The van der Waals surface area contributed by atoms with Crippen molar-refractivity contribution in [3.63, 3.8) is 0 Å². The quantitative estimate of drug-likeness (QED) is 0.635. The summed E-state index contributed by atoms with van der Waals surface area (Å²) in [7, 11) is 0. The number of halogens is 1. The molecule has 0 bridgehead atoms. The molecule has 1 fully saturated rings. The van der Waals surface area contributed by atoms with Crippen molar-refractivity contribution >= 4 is 11.6 Å². The van der Waals surface area contributed by atoms with Crippen LogP contribution in [0.2, 0.25) is 0 Å². The zero-order chi connectivity index (χ0) is 15.8. The highest BCUT2D eigenvalue weighted by atomic mass is 19.1. The van der Waals surface area contributed by atoms with E-state index in [2.05, 4.69) is 20.8 Å². The van der Waals surface area contributed by atoms with E-state index in [1.165, 1.54) is 6.07 Å². The van der Waals surface area contributed by atoms with E-state index in [4.69, 9.17) is 0 Å². The van der Waals surface area contributed by atoms with Crippen molar-refractivity contribution in [2.24, 2.45) is 11.3 Å². The van der Waals surface area contributed by atoms with Gasteiger partial charge in [0.05, 0.1) is 4.92 Å². The van der Waals surface area contributed by atoms with Crippen LogP contribution in [0.15, 0.2) is 18.2 Å². The van der Waals surface area contributed by atoms with E-state index in [0.29, 0.717) is 25.1 Å². The van der Waals surface area contributed by atoms with E-state index in [1.807, 2.05) is 0 Å². The maximum absolute atomic E-state index is 13.6. The van der Waals surface area contributed by atoms with Gasteiger partial charge in [0.1, 0.15) is 0 Å². The minimum absolute atomic E-state index is 0.0468. The van der Waals surface area contributed by atoms with E-state index in [1.54, 1.807) is 4.90 Å².